The highest BCUT2D eigenvalue weighted by Gasteiger charge is 2.07. The summed E-state index contributed by atoms with van der Waals surface area (Å²) >= 11 is 0. The van der Waals surface area contributed by atoms with Crippen LogP contribution >= 0.6 is 0 Å². The van der Waals surface area contributed by atoms with Crippen molar-refractivity contribution in [3.05, 3.63) is 52.1 Å². The lowest BCUT2D eigenvalue weighted by molar-refractivity contribution is 0.362. The zero-order valence-electron chi connectivity index (χ0n) is 12.6. The molecule has 2 N–H and O–H groups in total. The van der Waals surface area contributed by atoms with Gasteiger partial charge in [0.1, 0.15) is 5.76 Å². The minimum absolute atomic E-state index is 0.174. The van der Waals surface area contributed by atoms with E-state index in [0.717, 1.165) is 24.3 Å². The van der Waals surface area contributed by atoms with Crippen LogP contribution in [0.25, 0.3) is 12.2 Å². The van der Waals surface area contributed by atoms with E-state index in [1.807, 2.05) is 24.3 Å². The summed E-state index contributed by atoms with van der Waals surface area (Å²) in [4.78, 5) is 13.5. The Labute approximate surface area is 128 Å². The van der Waals surface area contributed by atoms with Gasteiger partial charge in [0.15, 0.2) is 5.75 Å². The predicted molar refractivity (Wildman–Crippen MR) is 87.2 cm³/mol. The molecule has 2 aromatic rings. The van der Waals surface area contributed by atoms with Crippen molar-refractivity contribution in [2.24, 2.45) is 0 Å². The van der Waals surface area contributed by atoms with Crippen LogP contribution in [0.1, 0.15) is 25.2 Å². The molecule has 0 atom stereocenters. The first-order chi connectivity index (χ1) is 10.5. The van der Waals surface area contributed by atoms with Crippen molar-refractivity contribution in [1.29, 1.82) is 0 Å². The van der Waals surface area contributed by atoms with Crippen molar-refractivity contribution in [1.82, 2.24) is 0 Å². The van der Waals surface area contributed by atoms with Gasteiger partial charge in [0.2, 0.25) is 5.75 Å². The highest BCUT2D eigenvalue weighted by atomic mass is 16.4. The van der Waals surface area contributed by atoms with Crippen molar-refractivity contribution < 1.29 is 14.6 Å². The van der Waals surface area contributed by atoms with Crippen molar-refractivity contribution in [3.63, 3.8) is 0 Å². The van der Waals surface area contributed by atoms with Gasteiger partial charge in [-0.15, -0.1) is 0 Å². The zero-order valence-corrected chi connectivity index (χ0v) is 12.6. The molecule has 0 bridgehead atoms. The molecule has 0 spiro atoms. The van der Waals surface area contributed by atoms with Gasteiger partial charge in [-0.05, 0) is 37.6 Å². The summed E-state index contributed by atoms with van der Waals surface area (Å²) in [5.41, 5.74) is 1.12. The maximum atomic E-state index is 11.2. The molecule has 5 heteroatoms. The number of aromatic hydroxyl groups is 2. The lowest BCUT2D eigenvalue weighted by Crippen LogP contribution is -2.21. The third-order valence-electron chi connectivity index (χ3n) is 3.39. The van der Waals surface area contributed by atoms with Crippen molar-refractivity contribution >= 4 is 17.8 Å². The van der Waals surface area contributed by atoms with Crippen molar-refractivity contribution in [2.75, 3.05) is 18.0 Å². The Hall–Kier alpha value is -2.69. The van der Waals surface area contributed by atoms with Crippen LogP contribution in [0, 0.1) is 0 Å². The summed E-state index contributed by atoms with van der Waals surface area (Å²) in [5, 5.41) is 18.5. The summed E-state index contributed by atoms with van der Waals surface area (Å²) in [5.74, 6) is -1.10. The fourth-order valence-electron chi connectivity index (χ4n) is 2.14. The molecule has 1 aromatic heterocycles. The molecule has 5 nitrogen and oxygen atoms in total. The van der Waals surface area contributed by atoms with Crippen LogP contribution in [-0.2, 0) is 0 Å². The first-order valence-corrected chi connectivity index (χ1v) is 7.14. The van der Waals surface area contributed by atoms with Gasteiger partial charge in [-0.25, -0.2) is 4.79 Å². The van der Waals surface area contributed by atoms with Crippen LogP contribution in [0.15, 0.2) is 39.5 Å². The normalized spacial score (nSPS) is 11.0. The summed E-state index contributed by atoms with van der Waals surface area (Å²) in [6.45, 7) is 6.11. The van der Waals surface area contributed by atoms with Gasteiger partial charge >= 0.3 is 5.63 Å². The average molecular weight is 301 g/mol. The maximum Gasteiger partial charge on any atom is 0.382 e. The number of hydrogen-bond donors (Lipinski definition) is 2. The van der Waals surface area contributed by atoms with Crippen LogP contribution < -0.4 is 10.5 Å². The molecule has 0 unspecified atom stereocenters. The Kier molecular flexibility index (Phi) is 4.88. The third-order valence-corrected chi connectivity index (χ3v) is 3.39. The Bertz CT molecular complexity index is 712. The number of hydrogen-bond acceptors (Lipinski definition) is 5. The molecule has 2 rings (SSSR count). The fourth-order valence-corrected chi connectivity index (χ4v) is 2.14. The quantitative estimate of drug-likeness (QED) is 0.888. The standard InChI is InChI=1S/C17H19NO4/c1-3-18(4-2)13-8-5-12(6-9-13)7-10-14-11-15(19)16(20)17(21)22-14/h5-11,19-20H,3-4H2,1-2H3/b10-7+. The highest BCUT2D eigenvalue weighted by molar-refractivity contribution is 5.69. The van der Waals surface area contributed by atoms with E-state index in [4.69, 9.17) is 9.52 Å². The molecule has 0 aliphatic carbocycles. The molecule has 0 aliphatic heterocycles. The smallest absolute Gasteiger partial charge is 0.382 e. The summed E-state index contributed by atoms with van der Waals surface area (Å²) in [6, 6.07) is 9.16. The zero-order chi connectivity index (χ0) is 16.1. The van der Waals surface area contributed by atoms with Crippen LogP contribution in [0.5, 0.6) is 11.5 Å². The van der Waals surface area contributed by atoms with Crippen LogP contribution in [0.2, 0.25) is 0 Å². The molecular weight excluding hydrogens is 282 g/mol. The van der Waals surface area contributed by atoms with Gasteiger partial charge in [0.05, 0.1) is 0 Å². The molecule has 116 valence electrons. The van der Waals surface area contributed by atoms with Gasteiger partial charge in [-0.1, -0.05) is 18.2 Å². The highest BCUT2D eigenvalue weighted by Crippen LogP contribution is 2.22. The van der Waals surface area contributed by atoms with Crippen LogP contribution in [0.3, 0.4) is 0 Å². The largest absolute Gasteiger partial charge is 0.504 e. The van der Waals surface area contributed by atoms with E-state index in [1.165, 1.54) is 6.07 Å². The number of benzene rings is 1. The Morgan fingerprint density at radius 3 is 2.27 bits per heavy atom. The number of anilines is 1. The SMILES string of the molecule is CCN(CC)c1ccc(/C=C/c2cc(O)c(O)c(=O)o2)cc1. The van der Waals surface area contributed by atoms with Gasteiger partial charge in [0, 0.05) is 24.8 Å². The lowest BCUT2D eigenvalue weighted by atomic mass is 10.1. The Morgan fingerprint density at radius 1 is 1.09 bits per heavy atom. The van der Waals surface area contributed by atoms with E-state index < -0.39 is 17.1 Å². The second-order valence-electron chi connectivity index (χ2n) is 4.77. The molecule has 0 fully saturated rings. The van der Waals surface area contributed by atoms with Crippen LogP contribution in [-0.4, -0.2) is 23.3 Å². The Balaban J connectivity index is 2.19. The first-order valence-electron chi connectivity index (χ1n) is 7.14. The van der Waals surface area contributed by atoms with Gasteiger partial charge in [-0.2, -0.15) is 0 Å². The predicted octanol–water partition coefficient (Wildman–Crippen LogP) is 3.07. The van der Waals surface area contributed by atoms with Crippen LogP contribution in [0.4, 0.5) is 5.69 Å². The molecule has 1 aromatic carbocycles. The van der Waals surface area contributed by atoms with Crippen molar-refractivity contribution in [3.8, 4) is 11.5 Å². The molecule has 1 heterocycles. The van der Waals surface area contributed by atoms with E-state index >= 15 is 0 Å². The molecular formula is C17H19NO4. The first kappa shape index (κ1) is 15.7. The molecule has 0 aliphatic rings. The molecule has 0 saturated carbocycles. The van der Waals surface area contributed by atoms with E-state index in [0.29, 0.717) is 0 Å². The molecule has 0 radical (unpaired) electrons. The maximum absolute atomic E-state index is 11.2. The van der Waals surface area contributed by atoms with E-state index in [-0.39, 0.29) is 5.76 Å². The van der Waals surface area contributed by atoms with E-state index in [2.05, 4.69) is 18.7 Å². The summed E-state index contributed by atoms with van der Waals surface area (Å²) in [7, 11) is 0. The summed E-state index contributed by atoms with van der Waals surface area (Å²) in [6.07, 6.45) is 3.33. The third kappa shape index (κ3) is 3.49. The second kappa shape index (κ2) is 6.85. The average Bonchev–Trinajstić information content (AvgIpc) is 2.53. The minimum Gasteiger partial charge on any atom is -0.504 e. The fraction of sp³-hybridized carbons (Fsp3) is 0.235. The molecule has 22 heavy (non-hydrogen) atoms. The Morgan fingerprint density at radius 2 is 1.73 bits per heavy atom. The number of rotatable bonds is 5. The van der Waals surface area contributed by atoms with Gasteiger partial charge < -0.3 is 19.5 Å². The summed E-state index contributed by atoms with van der Waals surface area (Å²) < 4.78 is 4.85. The minimum atomic E-state index is -0.962. The van der Waals surface area contributed by atoms with E-state index in [9.17, 15) is 9.90 Å². The monoisotopic (exact) mass is 301 g/mol. The lowest BCUT2D eigenvalue weighted by Gasteiger charge is -2.20. The molecule has 0 saturated heterocycles. The second-order valence-corrected chi connectivity index (χ2v) is 4.77. The van der Waals surface area contributed by atoms with Crippen molar-refractivity contribution in [2.45, 2.75) is 13.8 Å². The topological polar surface area (TPSA) is 73.9 Å². The van der Waals surface area contributed by atoms with Gasteiger partial charge in [-0.3, -0.25) is 0 Å². The van der Waals surface area contributed by atoms with E-state index in [1.54, 1.807) is 12.2 Å². The number of nitrogens with zero attached hydrogens (tertiary/aromatic N) is 1. The molecule has 0 amide bonds. The van der Waals surface area contributed by atoms with Gasteiger partial charge in [0.25, 0.3) is 0 Å².